The third-order valence-electron chi connectivity index (χ3n) is 5.71. The Morgan fingerprint density at radius 3 is 2.93 bits per heavy atom. The minimum atomic E-state index is 0.480. The zero-order valence-corrected chi connectivity index (χ0v) is 16.7. The van der Waals surface area contributed by atoms with Crippen molar-refractivity contribution in [2.24, 2.45) is 10.9 Å². The van der Waals surface area contributed by atoms with Crippen LogP contribution in [-0.2, 0) is 6.54 Å². The van der Waals surface area contributed by atoms with Crippen LogP contribution in [-0.4, -0.2) is 53.7 Å². The highest BCUT2D eigenvalue weighted by Crippen LogP contribution is 2.33. The highest BCUT2D eigenvalue weighted by atomic mass is 16.5. The number of aliphatic imine (C=N–C) groups is 1. The van der Waals surface area contributed by atoms with E-state index in [9.17, 15) is 0 Å². The smallest absolute Gasteiger partial charge is 0.213 e. The predicted molar refractivity (Wildman–Crippen MR) is 108 cm³/mol. The van der Waals surface area contributed by atoms with Crippen LogP contribution in [0.3, 0.4) is 0 Å². The van der Waals surface area contributed by atoms with E-state index in [1.54, 1.807) is 0 Å². The Morgan fingerprint density at radius 1 is 1.33 bits per heavy atom. The summed E-state index contributed by atoms with van der Waals surface area (Å²) in [4.78, 5) is 11.8. The maximum Gasteiger partial charge on any atom is 0.213 e. The maximum absolute atomic E-state index is 5.79. The Hall–Kier alpha value is -1.82. The van der Waals surface area contributed by atoms with E-state index in [-0.39, 0.29) is 0 Å². The number of pyridine rings is 1. The van der Waals surface area contributed by atoms with Gasteiger partial charge in [-0.1, -0.05) is 0 Å². The van der Waals surface area contributed by atoms with Crippen molar-refractivity contribution in [2.45, 2.75) is 70.6 Å². The van der Waals surface area contributed by atoms with Crippen LogP contribution in [0.5, 0.6) is 5.88 Å². The van der Waals surface area contributed by atoms with Crippen molar-refractivity contribution in [1.82, 2.24) is 20.5 Å². The van der Waals surface area contributed by atoms with Gasteiger partial charge in [0.25, 0.3) is 0 Å². The van der Waals surface area contributed by atoms with E-state index in [0.717, 1.165) is 49.1 Å². The van der Waals surface area contributed by atoms with Gasteiger partial charge in [-0.05, 0) is 63.5 Å². The van der Waals surface area contributed by atoms with Gasteiger partial charge in [0.15, 0.2) is 5.96 Å². The molecule has 6 heteroatoms. The van der Waals surface area contributed by atoms with Gasteiger partial charge in [-0.3, -0.25) is 4.90 Å². The number of hydrogen-bond acceptors (Lipinski definition) is 4. The molecule has 6 nitrogen and oxygen atoms in total. The van der Waals surface area contributed by atoms with E-state index in [2.05, 4.69) is 34.4 Å². The van der Waals surface area contributed by atoms with Crippen molar-refractivity contribution >= 4 is 5.96 Å². The van der Waals surface area contributed by atoms with Gasteiger partial charge in [-0.15, -0.1) is 0 Å². The van der Waals surface area contributed by atoms with Crippen molar-refractivity contribution in [2.75, 3.05) is 19.7 Å². The van der Waals surface area contributed by atoms with Crippen LogP contribution in [0.4, 0.5) is 0 Å². The van der Waals surface area contributed by atoms with E-state index in [4.69, 9.17) is 9.73 Å². The minimum absolute atomic E-state index is 0.480. The molecule has 3 fully saturated rings. The summed E-state index contributed by atoms with van der Waals surface area (Å²) in [5, 5.41) is 7.03. The SMILES string of the molecule is CCNC(=NCc1ccnc(OCC2CC2)c1)NC1CC(C)N(C2CC2)C1. The van der Waals surface area contributed by atoms with Gasteiger partial charge in [-0.25, -0.2) is 9.98 Å². The molecule has 0 bridgehead atoms. The first-order valence-corrected chi connectivity index (χ1v) is 10.6. The van der Waals surface area contributed by atoms with Crippen LogP contribution in [0.15, 0.2) is 23.3 Å². The van der Waals surface area contributed by atoms with E-state index in [1.807, 2.05) is 18.3 Å². The number of nitrogens with zero attached hydrogens (tertiary/aromatic N) is 3. The summed E-state index contributed by atoms with van der Waals surface area (Å²) in [5.41, 5.74) is 1.13. The van der Waals surface area contributed by atoms with Gasteiger partial charge in [0.05, 0.1) is 13.2 Å². The van der Waals surface area contributed by atoms with Crippen molar-refractivity contribution in [3.8, 4) is 5.88 Å². The molecule has 1 aromatic rings. The molecule has 0 spiro atoms. The molecule has 2 unspecified atom stereocenters. The molecule has 2 saturated carbocycles. The second-order valence-corrected chi connectivity index (χ2v) is 8.31. The molecular formula is C21H33N5O. The molecule has 148 valence electrons. The number of rotatable bonds is 8. The molecule has 0 aromatic carbocycles. The first-order chi connectivity index (χ1) is 13.2. The summed E-state index contributed by atoms with van der Waals surface area (Å²) >= 11 is 0. The van der Waals surface area contributed by atoms with Crippen LogP contribution in [0.1, 0.15) is 51.5 Å². The molecule has 2 aliphatic carbocycles. The Balaban J connectivity index is 1.32. The van der Waals surface area contributed by atoms with E-state index in [0.29, 0.717) is 18.6 Å². The van der Waals surface area contributed by atoms with Gasteiger partial charge < -0.3 is 15.4 Å². The molecule has 27 heavy (non-hydrogen) atoms. The summed E-state index contributed by atoms with van der Waals surface area (Å²) in [7, 11) is 0. The normalized spacial score (nSPS) is 26.2. The minimum Gasteiger partial charge on any atom is -0.477 e. The van der Waals surface area contributed by atoms with Crippen LogP contribution in [0, 0.1) is 5.92 Å². The van der Waals surface area contributed by atoms with E-state index >= 15 is 0 Å². The van der Waals surface area contributed by atoms with Gasteiger partial charge in [0.2, 0.25) is 5.88 Å². The molecular weight excluding hydrogens is 338 g/mol. The fourth-order valence-corrected chi connectivity index (χ4v) is 3.88. The molecule has 4 rings (SSSR count). The zero-order valence-electron chi connectivity index (χ0n) is 16.7. The fourth-order valence-electron chi connectivity index (χ4n) is 3.88. The van der Waals surface area contributed by atoms with Crippen LogP contribution < -0.4 is 15.4 Å². The quantitative estimate of drug-likeness (QED) is 0.543. The molecule has 1 saturated heterocycles. The van der Waals surface area contributed by atoms with Gasteiger partial charge in [0.1, 0.15) is 0 Å². The number of likely N-dealkylation sites (tertiary alicyclic amines) is 1. The Morgan fingerprint density at radius 2 is 2.19 bits per heavy atom. The van der Waals surface area contributed by atoms with Gasteiger partial charge >= 0.3 is 0 Å². The summed E-state index contributed by atoms with van der Waals surface area (Å²) in [5.74, 6) is 2.36. The topological polar surface area (TPSA) is 61.8 Å². The maximum atomic E-state index is 5.79. The third kappa shape index (κ3) is 5.34. The summed E-state index contributed by atoms with van der Waals surface area (Å²) < 4.78 is 5.79. The monoisotopic (exact) mass is 371 g/mol. The first-order valence-electron chi connectivity index (χ1n) is 10.6. The summed E-state index contributed by atoms with van der Waals surface area (Å²) in [6, 6.07) is 6.01. The average Bonchev–Trinajstić information content (AvgIpc) is 3.58. The van der Waals surface area contributed by atoms with Gasteiger partial charge in [0, 0.05) is 43.5 Å². The largest absolute Gasteiger partial charge is 0.477 e. The summed E-state index contributed by atoms with van der Waals surface area (Å²) in [6.07, 6.45) is 8.34. The number of hydrogen-bond donors (Lipinski definition) is 2. The average molecular weight is 372 g/mol. The third-order valence-corrected chi connectivity index (χ3v) is 5.71. The zero-order chi connectivity index (χ0) is 18.6. The second-order valence-electron chi connectivity index (χ2n) is 8.31. The Kier molecular flexibility index (Phi) is 5.81. The van der Waals surface area contributed by atoms with Crippen molar-refractivity contribution in [1.29, 1.82) is 0 Å². The van der Waals surface area contributed by atoms with E-state index < -0.39 is 0 Å². The van der Waals surface area contributed by atoms with Crippen LogP contribution >= 0.6 is 0 Å². The lowest BCUT2D eigenvalue weighted by Gasteiger charge is -2.20. The number of ether oxygens (including phenoxy) is 1. The van der Waals surface area contributed by atoms with Gasteiger partial charge in [-0.2, -0.15) is 0 Å². The second kappa shape index (κ2) is 8.46. The lowest BCUT2D eigenvalue weighted by Crippen LogP contribution is -2.44. The van der Waals surface area contributed by atoms with E-state index in [1.165, 1.54) is 32.1 Å². The highest BCUT2D eigenvalue weighted by molar-refractivity contribution is 5.80. The molecule has 2 atom stereocenters. The fraction of sp³-hybridized carbons (Fsp3) is 0.714. The molecule has 0 amide bonds. The van der Waals surface area contributed by atoms with Crippen molar-refractivity contribution < 1.29 is 4.74 Å². The summed E-state index contributed by atoms with van der Waals surface area (Å²) in [6.45, 7) is 7.89. The molecule has 3 aliphatic rings. The molecule has 1 aromatic heterocycles. The highest BCUT2D eigenvalue weighted by Gasteiger charge is 2.38. The number of aromatic nitrogens is 1. The van der Waals surface area contributed by atoms with Crippen LogP contribution in [0.2, 0.25) is 0 Å². The molecule has 0 radical (unpaired) electrons. The van der Waals surface area contributed by atoms with Crippen molar-refractivity contribution in [3.05, 3.63) is 23.9 Å². The number of guanidine groups is 1. The molecule has 2 heterocycles. The van der Waals surface area contributed by atoms with Crippen LogP contribution in [0.25, 0.3) is 0 Å². The first kappa shape index (κ1) is 18.5. The van der Waals surface area contributed by atoms with Crippen molar-refractivity contribution in [3.63, 3.8) is 0 Å². The molecule has 2 N–H and O–H groups in total. The number of nitrogens with one attached hydrogen (secondary N) is 2. The Bertz CT molecular complexity index is 656. The predicted octanol–water partition coefficient (Wildman–Crippen LogP) is 2.55. The Labute approximate surface area is 162 Å². The standard InChI is InChI=1S/C21H33N5O/c1-3-22-21(25-18-10-15(2)26(13-18)19-6-7-19)24-12-17-8-9-23-20(11-17)27-14-16-4-5-16/h8-9,11,15-16,18-19H,3-7,10,12-14H2,1-2H3,(H2,22,24,25). The lowest BCUT2D eigenvalue weighted by atomic mass is 10.2. The molecule has 1 aliphatic heterocycles. The lowest BCUT2D eigenvalue weighted by molar-refractivity contribution is 0.256.